The number of carbonyl (C=O) groups is 1. The van der Waals surface area contributed by atoms with E-state index in [0.717, 1.165) is 74.1 Å². The first-order chi connectivity index (χ1) is 17.4. The molecule has 7 nitrogen and oxygen atoms in total. The summed E-state index contributed by atoms with van der Waals surface area (Å²) in [6.07, 6.45) is 7.68. The average Bonchev–Trinajstić information content (AvgIpc) is 3.40. The van der Waals surface area contributed by atoms with E-state index in [2.05, 4.69) is 25.9 Å². The number of amides is 1. The third kappa shape index (κ3) is 5.31. The Kier molecular flexibility index (Phi) is 6.94. The topological polar surface area (TPSA) is 85.5 Å². The van der Waals surface area contributed by atoms with Gasteiger partial charge in [0.2, 0.25) is 11.8 Å². The number of nitrogens with zero attached hydrogens (tertiary/aromatic N) is 3. The molecule has 3 aliphatic carbocycles. The molecule has 0 unspecified atom stereocenters. The zero-order valence-electron chi connectivity index (χ0n) is 23.1. The molecule has 1 aromatic carbocycles. The van der Waals surface area contributed by atoms with E-state index in [0.29, 0.717) is 19.8 Å². The van der Waals surface area contributed by atoms with Crippen LogP contribution in [0.15, 0.2) is 28.8 Å². The van der Waals surface area contributed by atoms with Crippen molar-refractivity contribution >= 4 is 24.0 Å². The van der Waals surface area contributed by atoms with Crippen molar-refractivity contribution in [3.63, 3.8) is 0 Å². The maximum absolute atomic E-state index is 14.0. The summed E-state index contributed by atoms with van der Waals surface area (Å²) >= 11 is 0. The molecule has 0 radical (unpaired) electrons. The van der Waals surface area contributed by atoms with Gasteiger partial charge < -0.3 is 18.7 Å². The number of fused-ring (bicyclic) bond motifs is 3. The highest BCUT2D eigenvalue weighted by Crippen LogP contribution is 2.58. The molecule has 2 bridgehead atoms. The summed E-state index contributed by atoms with van der Waals surface area (Å²) in [5.41, 5.74) is 0.783. The zero-order valence-corrected chi connectivity index (χ0v) is 24.0. The highest BCUT2D eigenvalue weighted by molar-refractivity contribution is 7.70. The lowest BCUT2D eigenvalue weighted by Gasteiger charge is -2.53. The van der Waals surface area contributed by atoms with Gasteiger partial charge in [-0.1, -0.05) is 38.1 Å². The van der Waals surface area contributed by atoms with Crippen molar-refractivity contribution < 1.29 is 18.6 Å². The number of rotatable bonds is 6. The van der Waals surface area contributed by atoms with Crippen molar-refractivity contribution in [2.24, 2.45) is 11.3 Å². The fraction of sp³-hybridized carbons (Fsp3) is 0.690. The van der Waals surface area contributed by atoms with Crippen LogP contribution in [0.5, 0.6) is 0 Å². The first-order valence-electron chi connectivity index (χ1n) is 13.8. The molecule has 4 aliphatic rings. The SMILES string of the molecule is CC(C)(C)c1noc(C23CCC(CN(C(=O)C4CCOCC4)c4cccc(P(C)(C)=O)c4)(CC2)CC3)n1. The summed E-state index contributed by atoms with van der Waals surface area (Å²) in [4.78, 5) is 20.8. The second-order valence-corrected chi connectivity index (χ2v) is 16.4. The van der Waals surface area contributed by atoms with Gasteiger partial charge in [0.15, 0.2) is 5.82 Å². The van der Waals surface area contributed by atoms with Crippen molar-refractivity contribution in [2.75, 3.05) is 38.0 Å². The highest BCUT2D eigenvalue weighted by atomic mass is 31.2. The van der Waals surface area contributed by atoms with Gasteiger partial charge in [0.1, 0.15) is 7.14 Å². The van der Waals surface area contributed by atoms with Gasteiger partial charge in [0.25, 0.3) is 0 Å². The number of anilines is 1. The monoisotopic (exact) mass is 527 g/mol. The van der Waals surface area contributed by atoms with Crippen LogP contribution >= 0.6 is 7.14 Å². The second kappa shape index (κ2) is 9.64. The Bertz CT molecular complexity index is 1160. The summed E-state index contributed by atoms with van der Waals surface area (Å²) in [7, 11) is -2.44. The van der Waals surface area contributed by atoms with Crippen LogP contribution in [0.25, 0.3) is 0 Å². The molecule has 1 aromatic heterocycles. The molecule has 0 N–H and O–H groups in total. The predicted molar refractivity (Wildman–Crippen MR) is 146 cm³/mol. The zero-order chi connectivity index (χ0) is 26.5. The van der Waals surface area contributed by atoms with Crippen LogP contribution in [0.2, 0.25) is 0 Å². The summed E-state index contributed by atoms with van der Waals surface area (Å²) < 4.78 is 24.2. The summed E-state index contributed by atoms with van der Waals surface area (Å²) in [6, 6.07) is 7.86. The van der Waals surface area contributed by atoms with E-state index >= 15 is 0 Å². The van der Waals surface area contributed by atoms with Crippen LogP contribution in [0.3, 0.4) is 0 Å². The van der Waals surface area contributed by atoms with Crippen molar-refractivity contribution in [2.45, 2.75) is 83.0 Å². The molecule has 8 heteroatoms. The molecule has 2 aromatic rings. The molecule has 4 fully saturated rings. The van der Waals surface area contributed by atoms with Gasteiger partial charge >= 0.3 is 0 Å². The van der Waals surface area contributed by atoms with Crippen molar-refractivity contribution in [3.8, 4) is 0 Å². The van der Waals surface area contributed by atoms with Crippen molar-refractivity contribution in [1.29, 1.82) is 0 Å². The third-order valence-electron chi connectivity index (χ3n) is 9.05. The van der Waals surface area contributed by atoms with Crippen LogP contribution in [-0.2, 0) is 24.9 Å². The normalized spacial score (nSPS) is 26.8. The Hall–Kier alpha value is -1.98. The molecular formula is C29H42N3O4P. The fourth-order valence-corrected chi connectivity index (χ4v) is 7.25. The Morgan fingerprint density at radius 2 is 1.73 bits per heavy atom. The van der Waals surface area contributed by atoms with E-state index in [1.807, 2.05) is 29.2 Å². The Morgan fingerprint density at radius 3 is 2.30 bits per heavy atom. The lowest BCUT2D eigenvalue weighted by Crippen LogP contribution is -2.52. The standard InChI is InChI=1S/C29H42N3O4P/c1-27(2,3)25-30-26(36-31-25)29-14-11-28(12-15-29,13-16-29)20-32(24(33)21-9-17-35-18-10-21)22-7-6-8-23(19-22)37(4,5)34/h6-8,19,21H,9-18,20H2,1-5H3. The number of ether oxygens (including phenoxy) is 1. The highest BCUT2D eigenvalue weighted by Gasteiger charge is 2.53. The lowest BCUT2D eigenvalue weighted by atomic mass is 9.53. The maximum atomic E-state index is 14.0. The lowest BCUT2D eigenvalue weighted by molar-refractivity contribution is -0.126. The molecule has 3 saturated carbocycles. The molecule has 2 heterocycles. The van der Waals surface area contributed by atoms with Crippen LogP contribution in [0.1, 0.15) is 83.9 Å². The third-order valence-corrected chi connectivity index (χ3v) is 10.6. The van der Waals surface area contributed by atoms with E-state index < -0.39 is 7.14 Å². The molecule has 6 rings (SSSR count). The van der Waals surface area contributed by atoms with Crippen LogP contribution < -0.4 is 10.2 Å². The van der Waals surface area contributed by atoms with Gasteiger partial charge in [-0.25, -0.2) is 0 Å². The Morgan fingerprint density at radius 1 is 1.08 bits per heavy atom. The number of hydrogen-bond acceptors (Lipinski definition) is 6. The molecular weight excluding hydrogens is 485 g/mol. The van der Waals surface area contributed by atoms with Crippen molar-refractivity contribution in [1.82, 2.24) is 10.1 Å². The van der Waals surface area contributed by atoms with E-state index in [4.69, 9.17) is 14.2 Å². The molecule has 202 valence electrons. The van der Waals surface area contributed by atoms with Gasteiger partial charge in [-0.2, -0.15) is 4.98 Å². The van der Waals surface area contributed by atoms with Gasteiger partial charge in [0, 0.05) is 47.5 Å². The predicted octanol–water partition coefficient (Wildman–Crippen LogP) is 5.67. The van der Waals surface area contributed by atoms with Crippen LogP contribution in [0.4, 0.5) is 5.69 Å². The summed E-state index contributed by atoms with van der Waals surface area (Å²) in [5, 5.41) is 5.13. The maximum Gasteiger partial charge on any atom is 0.232 e. The minimum atomic E-state index is -2.44. The number of aromatic nitrogens is 2. The minimum absolute atomic E-state index is 0.0238. The van der Waals surface area contributed by atoms with Gasteiger partial charge in [-0.05, 0) is 82.2 Å². The Labute approximate surface area is 221 Å². The Balaban J connectivity index is 1.39. The smallest absolute Gasteiger partial charge is 0.232 e. The van der Waals surface area contributed by atoms with E-state index in [1.54, 1.807) is 13.3 Å². The molecule has 1 saturated heterocycles. The first-order valence-corrected chi connectivity index (χ1v) is 16.4. The van der Waals surface area contributed by atoms with Crippen LogP contribution in [-0.4, -0.2) is 49.1 Å². The summed E-state index contributed by atoms with van der Waals surface area (Å²) in [5.74, 6) is 1.74. The largest absolute Gasteiger partial charge is 0.381 e. The minimum Gasteiger partial charge on any atom is -0.381 e. The molecule has 0 spiro atoms. The number of hydrogen-bond donors (Lipinski definition) is 0. The quantitative estimate of drug-likeness (QED) is 0.450. The molecule has 37 heavy (non-hydrogen) atoms. The first kappa shape index (κ1) is 26.6. The number of benzene rings is 1. The number of carbonyl (C=O) groups excluding carboxylic acids is 1. The van der Waals surface area contributed by atoms with Gasteiger partial charge in [-0.3, -0.25) is 4.79 Å². The second-order valence-electron chi connectivity index (χ2n) is 13.1. The van der Waals surface area contributed by atoms with E-state index in [9.17, 15) is 9.36 Å². The fourth-order valence-electron chi connectivity index (χ4n) is 6.36. The summed E-state index contributed by atoms with van der Waals surface area (Å²) in [6.45, 7) is 11.9. The average molecular weight is 528 g/mol. The molecule has 1 aliphatic heterocycles. The van der Waals surface area contributed by atoms with Gasteiger partial charge in [-0.15, -0.1) is 0 Å². The van der Waals surface area contributed by atoms with Crippen molar-refractivity contribution in [3.05, 3.63) is 36.0 Å². The molecule has 0 atom stereocenters. The van der Waals surface area contributed by atoms with Crippen LogP contribution in [0, 0.1) is 11.3 Å². The molecule has 1 amide bonds. The van der Waals surface area contributed by atoms with E-state index in [1.165, 1.54) is 0 Å². The van der Waals surface area contributed by atoms with Gasteiger partial charge in [0.05, 0.1) is 0 Å². The van der Waals surface area contributed by atoms with E-state index in [-0.39, 0.29) is 28.1 Å².